The average molecular weight is 495 g/mol. The van der Waals surface area contributed by atoms with Crippen molar-refractivity contribution in [3.8, 4) is 0 Å². The number of hydrogen-bond donors (Lipinski definition) is 7. The minimum Gasteiger partial charge on any atom is -0.481 e. The van der Waals surface area contributed by atoms with Crippen molar-refractivity contribution >= 4 is 29.7 Å². The van der Waals surface area contributed by atoms with E-state index < -0.39 is 66.4 Å². The second-order valence-corrected chi connectivity index (χ2v) is 8.71. The molecule has 0 saturated carbocycles. The summed E-state index contributed by atoms with van der Waals surface area (Å²) < 4.78 is 0. The summed E-state index contributed by atoms with van der Waals surface area (Å²) in [6, 6.07) is 3.26. The lowest BCUT2D eigenvalue weighted by molar-refractivity contribution is -0.147. The fourth-order valence-corrected chi connectivity index (χ4v) is 3.17. The van der Waals surface area contributed by atoms with Gasteiger partial charge in [-0.1, -0.05) is 44.2 Å². The smallest absolute Gasteiger partial charge is 0.326 e. The van der Waals surface area contributed by atoms with Gasteiger partial charge in [-0.05, 0) is 24.8 Å². The molecule has 194 valence electrons. The number of hydrogen-bond acceptors (Lipinski definition) is 7. The van der Waals surface area contributed by atoms with Crippen LogP contribution >= 0.6 is 0 Å². The Morgan fingerprint density at radius 1 is 0.829 bits per heavy atom. The number of amides is 3. The van der Waals surface area contributed by atoms with Crippen LogP contribution in [0.3, 0.4) is 0 Å². The number of aliphatic hydroxyl groups excluding tert-OH is 1. The van der Waals surface area contributed by atoms with Crippen LogP contribution in [0.5, 0.6) is 0 Å². The van der Waals surface area contributed by atoms with Gasteiger partial charge in [-0.2, -0.15) is 0 Å². The molecule has 35 heavy (non-hydrogen) atoms. The van der Waals surface area contributed by atoms with Gasteiger partial charge < -0.3 is 37.0 Å². The molecule has 5 unspecified atom stereocenters. The van der Waals surface area contributed by atoms with Crippen LogP contribution in [-0.4, -0.2) is 75.3 Å². The molecule has 0 fully saturated rings. The van der Waals surface area contributed by atoms with Gasteiger partial charge in [-0.3, -0.25) is 19.2 Å². The molecule has 0 aromatic heterocycles. The normalized spacial score (nSPS) is 15.3. The van der Waals surface area contributed by atoms with E-state index in [0.29, 0.717) is 5.56 Å². The average Bonchev–Trinajstić information content (AvgIpc) is 2.76. The second kappa shape index (κ2) is 14.0. The number of carboxylic acid groups (broad SMARTS) is 2. The fraction of sp³-hybridized carbons (Fsp3) is 0.522. The third-order valence-corrected chi connectivity index (χ3v) is 5.07. The van der Waals surface area contributed by atoms with Crippen molar-refractivity contribution in [3.63, 3.8) is 0 Å². The summed E-state index contributed by atoms with van der Waals surface area (Å²) >= 11 is 0. The first kappa shape index (κ1) is 29.5. The molecule has 0 aliphatic carbocycles. The van der Waals surface area contributed by atoms with Gasteiger partial charge in [-0.15, -0.1) is 0 Å². The largest absolute Gasteiger partial charge is 0.481 e. The number of carbonyl (C=O) groups is 5. The van der Waals surface area contributed by atoms with E-state index in [1.165, 1.54) is 6.92 Å². The van der Waals surface area contributed by atoms with E-state index in [2.05, 4.69) is 16.0 Å². The first-order valence-corrected chi connectivity index (χ1v) is 11.1. The van der Waals surface area contributed by atoms with Crippen LogP contribution in [0.1, 0.15) is 39.2 Å². The summed E-state index contributed by atoms with van der Waals surface area (Å²) in [5, 5.41) is 34.9. The minimum atomic E-state index is -1.70. The van der Waals surface area contributed by atoms with E-state index >= 15 is 0 Å². The zero-order valence-corrected chi connectivity index (χ0v) is 19.9. The minimum absolute atomic E-state index is 0.0205. The van der Waals surface area contributed by atoms with Crippen LogP contribution in [0.15, 0.2) is 30.3 Å². The molecule has 3 amide bonds. The summed E-state index contributed by atoms with van der Waals surface area (Å²) in [6.07, 6.45) is -1.83. The topological polar surface area (TPSA) is 208 Å². The SMILES string of the molecule is CC(C)CC(NC(=O)C(N)C(C)O)C(=O)NC(Cc1ccccc1)C(=O)NC(CC(=O)O)C(=O)O. The Kier molecular flexibility index (Phi) is 11.8. The number of rotatable bonds is 14. The number of carbonyl (C=O) groups excluding carboxylic acids is 3. The highest BCUT2D eigenvalue weighted by Crippen LogP contribution is 2.09. The van der Waals surface area contributed by atoms with E-state index in [-0.39, 0.29) is 18.8 Å². The van der Waals surface area contributed by atoms with Crippen LogP contribution < -0.4 is 21.7 Å². The molecule has 0 aliphatic rings. The van der Waals surface area contributed by atoms with Crippen molar-refractivity contribution in [2.45, 2.75) is 70.3 Å². The van der Waals surface area contributed by atoms with Gasteiger partial charge in [0.1, 0.15) is 24.2 Å². The molecule has 0 bridgehead atoms. The summed E-state index contributed by atoms with van der Waals surface area (Å²) in [7, 11) is 0. The third-order valence-electron chi connectivity index (χ3n) is 5.07. The van der Waals surface area contributed by atoms with Crippen molar-refractivity contribution in [2.24, 2.45) is 11.7 Å². The molecule has 1 rings (SSSR count). The quantitative estimate of drug-likeness (QED) is 0.169. The van der Waals surface area contributed by atoms with Gasteiger partial charge in [0.15, 0.2) is 0 Å². The van der Waals surface area contributed by atoms with Crippen LogP contribution in [0.2, 0.25) is 0 Å². The van der Waals surface area contributed by atoms with Gasteiger partial charge in [-0.25, -0.2) is 4.79 Å². The highest BCUT2D eigenvalue weighted by Gasteiger charge is 2.32. The van der Waals surface area contributed by atoms with Gasteiger partial charge in [0.05, 0.1) is 12.5 Å². The van der Waals surface area contributed by atoms with E-state index in [0.717, 1.165) is 0 Å². The molecule has 0 radical (unpaired) electrons. The van der Waals surface area contributed by atoms with Crippen LogP contribution in [0.25, 0.3) is 0 Å². The lowest BCUT2D eigenvalue weighted by Gasteiger charge is -2.26. The lowest BCUT2D eigenvalue weighted by atomic mass is 10.00. The predicted molar refractivity (Wildman–Crippen MR) is 125 cm³/mol. The van der Waals surface area contributed by atoms with Crippen molar-refractivity contribution in [1.82, 2.24) is 16.0 Å². The van der Waals surface area contributed by atoms with E-state index in [4.69, 9.17) is 10.8 Å². The number of benzene rings is 1. The summed E-state index contributed by atoms with van der Waals surface area (Å²) in [6.45, 7) is 4.97. The van der Waals surface area contributed by atoms with Crippen LogP contribution in [0, 0.1) is 5.92 Å². The Morgan fingerprint density at radius 2 is 1.34 bits per heavy atom. The number of nitrogens with one attached hydrogen (secondary N) is 3. The highest BCUT2D eigenvalue weighted by molar-refractivity contribution is 5.94. The monoisotopic (exact) mass is 494 g/mol. The molecule has 0 spiro atoms. The molecule has 1 aromatic rings. The van der Waals surface area contributed by atoms with Gasteiger partial charge >= 0.3 is 11.9 Å². The molecule has 0 saturated heterocycles. The molecule has 8 N–H and O–H groups in total. The number of aliphatic carboxylic acids is 2. The molecule has 5 atom stereocenters. The maximum Gasteiger partial charge on any atom is 0.326 e. The predicted octanol–water partition coefficient (Wildman–Crippen LogP) is -1.00. The highest BCUT2D eigenvalue weighted by atomic mass is 16.4. The van der Waals surface area contributed by atoms with Gasteiger partial charge in [0.2, 0.25) is 17.7 Å². The molecule has 12 heteroatoms. The lowest BCUT2D eigenvalue weighted by Crippen LogP contribution is -2.58. The number of aliphatic hydroxyl groups is 1. The van der Waals surface area contributed by atoms with E-state index in [9.17, 15) is 34.2 Å². The van der Waals surface area contributed by atoms with Crippen molar-refractivity contribution in [3.05, 3.63) is 35.9 Å². The summed E-state index contributed by atoms with van der Waals surface area (Å²) in [5.41, 5.74) is 6.30. The Bertz CT molecular complexity index is 891. The summed E-state index contributed by atoms with van der Waals surface area (Å²) in [5.74, 6) is -5.37. The van der Waals surface area contributed by atoms with Crippen LogP contribution in [0.4, 0.5) is 0 Å². The van der Waals surface area contributed by atoms with Gasteiger partial charge in [0, 0.05) is 6.42 Å². The summed E-state index contributed by atoms with van der Waals surface area (Å²) in [4.78, 5) is 60.7. The zero-order chi connectivity index (χ0) is 26.7. The van der Waals surface area contributed by atoms with E-state index in [1.54, 1.807) is 30.3 Å². The maximum absolute atomic E-state index is 13.1. The van der Waals surface area contributed by atoms with Crippen molar-refractivity contribution in [1.29, 1.82) is 0 Å². The molecule has 0 heterocycles. The van der Waals surface area contributed by atoms with Crippen molar-refractivity contribution < 1.29 is 39.3 Å². The maximum atomic E-state index is 13.1. The Balaban J connectivity index is 3.14. The van der Waals surface area contributed by atoms with Crippen LogP contribution in [-0.2, 0) is 30.4 Å². The fourth-order valence-electron chi connectivity index (χ4n) is 3.17. The Hall–Kier alpha value is -3.51. The molecular formula is C23H34N4O8. The second-order valence-electron chi connectivity index (χ2n) is 8.71. The first-order valence-electron chi connectivity index (χ1n) is 11.1. The molecular weight excluding hydrogens is 460 g/mol. The molecule has 1 aromatic carbocycles. The van der Waals surface area contributed by atoms with Gasteiger partial charge in [0.25, 0.3) is 0 Å². The number of nitrogens with two attached hydrogens (primary N) is 1. The Labute approximate surface area is 203 Å². The zero-order valence-electron chi connectivity index (χ0n) is 19.9. The molecule has 12 nitrogen and oxygen atoms in total. The third kappa shape index (κ3) is 10.5. The first-order chi connectivity index (χ1) is 16.3. The number of carboxylic acids is 2. The standard InChI is InChI=1S/C23H34N4O8/c1-12(2)9-15(26-22(33)19(24)13(3)28)20(31)25-16(10-14-7-5-4-6-8-14)21(32)27-17(23(34)35)11-18(29)30/h4-8,12-13,15-17,19,28H,9-11,24H2,1-3H3,(H,25,31)(H,26,33)(H,27,32)(H,29,30)(H,34,35). The van der Waals surface area contributed by atoms with E-state index in [1.807, 2.05) is 13.8 Å². The Morgan fingerprint density at radius 3 is 1.83 bits per heavy atom. The van der Waals surface area contributed by atoms with Crippen molar-refractivity contribution in [2.75, 3.05) is 0 Å². The molecule has 0 aliphatic heterocycles.